The van der Waals surface area contributed by atoms with E-state index in [0.717, 1.165) is 22.9 Å². The molecule has 0 aliphatic heterocycles. The van der Waals surface area contributed by atoms with Gasteiger partial charge in [-0.15, -0.1) is 10.2 Å². The molecular weight excluding hydrogens is 248 g/mol. The van der Waals surface area contributed by atoms with Gasteiger partial charge in [0.1, 0.15) is 5.82 Å². The monoisotopic (exact) mass is 260 g/mol. The van der Waals surface area contributed by atoms with Crippen LogP contribution in [0.25, 0.3) is 17.1 Å². The molecule has 2 aromatic carbocycles. The van der Waals surface area contributed by atoms with Gasteiger partial charge in [-0.05, 0) is 43.3 Å². The van der Waals surface area contributed by atoms with Crippen LogP contribution in [0.4, 0.5) is 0 Å². The van der Waals surface area contributed by atoms with Gasteiger partial charge in [0.05, 0.1) is 11.6 Å². The van der Waals surface area contributed by atoms with Gasteiger partial charge in [-0.1, -0.05) is 18.2 Å². The van der Waals surface area contributed by atoms with Gasteiger partial charge >= 0.3 is 0 Å². The summed E-state index contributed by atoms with van der Waals surface area (Å²) in [5.41, 5.74) is 2.60. The van der Waals surface area contributed by atoms with E-state index >= 15 is 0 Å². The largest absolute Gasteiger partial charge is 0.279 e. The number of benzene rings is 2. The van der Waals surface area contributed by atoms with Crippen LogP contribution in [-0.2, 0) is 0 Å². The van der Waals surface area contributed by atoms with E-state index in [1.165, 1.54) is 0 Å². The van der Waals surface area contributed by atoms with Crippen LogP contribution in [0.2, 0.25) is 0 Å². The summed E-state index contributed by atoms with van der Waals surface area (Å²) in [6.45, 7) is 1.92. The molecule has 96 valence electrons. The molecule has 0 bridgehead atoms. The van der Waals surface area contributed by atoms with Gasteiger partial charge in [0.15, 0.2) is 5.82 Å². The number of nitriles is 1. The lowest BCUT2D eigenvalue weighted by molar-refractivity contribution is 0.972. The maximum atomic E-state index is 8.85. The highest BCUT2D eigenvalue weighted by atomic mass is 15.3. The van der Waals surface area contributed by atoms with Crippen molar-refractivity contribution in [1.82, 2.24) is 14.8 Å². The van der Waals surface area contributed by atoms with Crippen LogP contribution in [0.1, 0.15) is 11.4 Å². The second kappa shape index (κ2) is 4.98. The Morgan fingerprint density at radius 3 is 2.30 bits per heavy atom. The normalized spacial score (nSPS) is 10.2. The molecule has 0 saturated heterocycles. The van der Waals surface area contributed by atoms with Crippen molar-refractivity contribution in [2.24, 2.45) is 0 Å². The van der Waals surface area contributed by atoms with E-state index in [9.17, 15) is 0 Å². The lowest BCUT2D eigenvalue weighted by atomic mass is 10.1. The summed E-state index contributed by atoms with van der Waals surface area (Å²) in [5, 5.41) is 17.3. The van der Waals surface area contributed by atoms with E-state index in [2.05, 4.69) is 16.3 Å². The first-order valence-corrected chi connectivity index (χ1v) is 6.27. The highest BCUT2D eigenvalue weighted by molar-refractivity contribution is 5.59. The first kappa shape index (κ1) is 12.1. The van der Waals surface area contributed by atoms with Crippen LogP contribution >= 0.6 is 0 Å². The SMILES string of the molecule is Cc1nnc(-c2ccc(C#N)cc2)n1-c1ccccc1. The molecule has 0 saturated carbocycles. The molecule has 0 unspecified atom stereocenters. The molecule has 3 aromatic rings. The van der Waals surface area contributed by atoms with E-state index in [-0.39, 0.29) is 0 Å². The van der Waals surface area contributed by atoms with Crippen molar-refractivity contribution in [3.05, 3.63) is 66.0 Å². The Balaban J connectivity index is 2.13. The minimum absolute atomic E-state index is 0.635. The van der Waals surface area contributed by atoms with Gasteiger partial charge in [0, 0.05) is 11.3 Å². The molecule has 0 spiro atoms. The number of hydrogen-bond donors (Lipinski definition) is 0. The Kier molecular flexibility index (Phi) is 3.02. The minimum Gasteiger partial charge on any atom is -0.279 e. The molecular formula is C16H12N4. The van der Waals surface area contributed by atoms with E-state index in [1.54, 1.807) is 12.1 Å². The standard InChI is InChI=1S/C16H12N4/c1-12-18-19-16(14-9-7-13(11-17)8-10-14)20(12)15-5-3-2-4-6-15/h2-10H,1H3. The number of aryl methyl sites for hydroxylation is 1. The Bertz CT molecular complexity index is 764. The molecule has 0 N–H and O–H groups in total. The van der Waals surface area contributed by atoms with Crippen molar-refractivity contribution < 1.29 is 0 Å². The van der Waals surface area contributed by atoms with Gasteiger partial charge in [0.2, 0.25) is 0 Å². The van der Waals surface area contributed by atoms with Crippen LogP contribution in [0.3, 0.4) is 0 Å². The fourth-order valence-corrected chi connectivity index (χ4v) is 2.13. The van der Waals surface area contributed by atoms with Crippen molar-refractivity contribution in [2.45, 2.75) is 6.92 Å². The smallest absolute Gasteiger partial charge is 0.168 e. The summed E-state index contributed by atoms with van der Waals surface area (Å²) in [4.78, 5) is 0. The zero-order chi connectivity index (χ0) is 13.9. The molecule has 0 fully saturated rings. The maximum absolute atomic E-state index is 8.85. The fourth-order valence-electron chi connectivity index (χ4n) is 2.13. The summed E-state index contributed by atoms with van der Waals surface area (Å²) in [7, 11) is 0. The third-order valence-corrected chi connectivity index (χ3v) is 3.11. The molecule has 4 heteroatoms. The number of rotatable bonds is 2. The third kappa shape index (κ3) is 2.06. The topological polar surface area (TPSA) is 54.5 Å². The Morgan fingerprint density at radius 1 is 0.950 bits per heavy atom. The Labute approximate surface area is 116 Å². The predicted molar refractivity (Wildman–Crippen MR) is 76.2 cm³/mol. The second-order valence-corrected chi connectivity index (χ2v) is 4.43. The van der Waals surface area contributed by atoms with E-state index < -0.39 is 0 Å². The van der Waals surface area contributed by atoms with Crippen LogP contribution in [0.15, 0.2) is 54.6 Å². The van der Waals surface area contributed by atoms with Crippen molar-refractivity contribution in [3.8, 4) is 23.1 Å². The highest BCUT2D eigenvalue weighted by Crippen LogP contribution is 2.22. The van der Waals surface area contributed by atoms with Gasteiger partial charge in [-0.3, -0.25) is 4.57 Å². The average Bonchev–Trinajstić information content (AvgIpc) is 2.90. The number of nitrogens with zero attached hydrogens (tertiary/aromatic N) is 4. The summed E-state index contributed by atoms with van der Waals surface area (Å²) in [5.74, 6) is 1.61. The Hall–Kier alpha value is -2.93. The predicted octanol–water partition coefficient (Wildman–Crippen LogP) is 3.11. The van der Waals surface area contributed by atoms with E-state index in [0.29, 0.717) is 5.56 Å². The van der Waals surface area contributed by atoms with Crippen LogP contribution in [-0.4, -0.2) is 14.8 Å². The lowest BCUT2D eigenvalue weighted by Crippen LogP contribution is -1.99. The summed E-state index contributed by atoms with van der Waals surface area (Å²) >= 11 is 0. The molecule has 1 aromatic heterocycles. The quantitative estimate of drug-likeness (QED) is 0.711. The van der Waals surface area contributed by atoms with Crippen LogP contribution < -0.4 is 0 Å². The first-order chi connectivity index (χ1) is 9.79. The molecule has 1 heterocycles. The number of aromatic nitrogens is 3. The van der Waals surface area contributed by atoms with Crippen molar-refractivity contribution >= 4 is 0 Å². The fraction of sp³-hybridized carbons (Fsp3) is 0.0625. The average molecular weight is 260 g/mol. The summed E-state index contributed by atoms with van der Waals surface area (Å²) in [6, 6.07) is 19.4. The molecule has 0 aliphatic rings. The molecule has 4 nitrogen and oxygen atoms in total. The molecule has 0 aliphatic carbocycles. The zero-order valence-corrected chi connectivity index (χ0v) is 11.0. The van der Waals surface area contributed by atoms with E-state index in [1.807, 2.05) is 54.0 Å². The Morgan fingerprint density at radius 2 is 1.65 bits per heavy atom. The highest BCUT2D eigenvalue weighted by Gasteiger charge is 2.12. The van der Waals surface area contributed by atoms with Gasteiger partial charge in [-0.25, -0.2) is 0 Å². The van der Waals surface area contributed by atoms with Crippen molar-refractivity contribution in [3.63, 3.8) is 0 Å². The maximum Gasteiger partial charge on any atom is 0.168 e. The molecule has 3 rings (SSSR count). The van der Waals surface area contributed by atoms with Crippen LogP contribution in [0.5, 0.6) is 0 Å². The van der Waals surface area contributed by atoms with Crippen LogP contribution in [0, 0.1) is 18.3 Å². The van der Waals surface area contributed by atoms with Gasteiger partial charge < -0.3 is 0 Å². The van der Waals surface area contributed by atoms with Gasteiger partial charge in [-0.2, -0.15) is 5.26 Å². The summed E-state index contributed by atoms with van der Waals surface area (Å²) < 4.78 is 2.00. The lowest BCUT2D eigenvalue weighted by Gasteiger charge is -2.08. The van der Waals surface area contributed by atoms with Crippen molar-refractivity contribution in [2.75, 3.05) is 0 Å². The minimum atomic E-state index is 0.635. The molecule has 0 amide bonds. The summed E-state index contributed by atoms with van der Waals surface area (Å²) in [6.07, 6.45) is 0. The zero-order valence-electron chi connectivity index (χ0n) is 11.0. The van der Waals surface area contributed by atoms with Gasteiger partial charge in [0.25, 0.3) is 0 Å². The third-order valence-electron chi connectivity index (χ3n) is 3.11. The van der Waals surface area contributed by atoms with E-state index in [4.69, 9.17) is 5.26 Å². The van der Waals surface area contributed by atoms with Crippen molar-refractivity contribution in [1.29, 1.82) is 5.26 Å². The molecule has 20 heavy (non-hydrogen) atoms. The molecule has 0 atom stereocenters. The number of para-hydroxylation sites is 1. The number of hydrogen-bond acceptors (Lipinski definition) is 3. The first-order valence-electron chi connectivity index (χ1n) is 6.27. The molecule has 0 radical (unpaired) electrons. The second-order valence-electron chi connectivity index (χ2n) is 4.43.